The second-order valence-electron chi connectivity index (χ2n) is 4.97. The molecule has 0 aliphatic heterocycles. The van der Waals surface area contributed by atoms with Crippen molar-refractivity contribution in [2.45, 2.75) is 13.8 Å². The molecule has 112 valence electrons. The van der Waals surface area contributed by atoms with Gasteiger partial charge in [0.05, 0.1) is 4.47 Å². The van der Waals surface area contributed by atoms with E-state index < -0.39 is 0 Å². The highest BCUT2D eigenvalue weighted by molar-refractivity contribution is 9.10. The van der Waals surface area contributed by atoms with Crippen LogP contribution in [0.3, 0.4) is 0 Å². The van der Waals surface area contributed by atoms with E-state index in [2.05, 4.69) is 26.6 Å². The summed E-state index contributed by atoms with van der Waals surface area (Å²) in [5, 5.41) is 6.31. The van der Waals surface area contributed by atoms with E-state index in [1.165, 1.54) is 0 Å². The molecule has 0 saturated heterocycles. The van der Waals surface area contributed by atoms with Gasteiger partial charge in [-0.3, -0.25) is 9.59 Å². The fraction of sp³-hybridized carbons (Fsp3) is 0.333. The number of carbonyl (C=O) groups is 2. The molecule has 1 aromatic carbocycles. The van der Waals surface area contributed by atoms with Gasteiger partial charge in [-0.1, -0.05) is 26.0 Å². The third-order valence-corrected chi connectivity index (χ3v) is 3.58. The molecule has 0 radical (unpaired) electrons. The first-order valence-corrected chi connectivity index (χ1v) is 7.52. The lowest BCUT2D eigenvalue weighted by Gasteiger charge is -2.07. The minimum absolute atomic E-state index is 0.0306. The number of para-hydroxylation sites is 1. The number of rotatable bonds is 5. The van der Waals surface area contributed by atoms with E-state index >= 15 is 0 Å². The van der Waals surface area contributed by atoms with Gasteiger partial charge in [0.1, 0.15) is 5.58 Å². The van der Waals surface area contributed by atoms with Crippen molar-refractivity contribution in [3.8, 4) is 0 Å². The summed E-state index contributed by atoms with van der Waals surface area (Å²) >= 11 is 3.38. The lowest BCUT2D eigenvalue weighted by atomic mass is 10.2. The van der Waals surface area contributed by atoms with Gasteiger partial charge in [0.15, 0.2) is 5.76 Å². The summed E-state index contributed by atoms with van der Waals surface area (Å²) in [4.78, 5) is 23.3. The van der Waals surface area contributed by atoms with Gasteiger partial charge in [-0.15, -0.1) is 0 Å². The molecule has 0 spiro atoms. The van der Waals surface area contributed by atoms with Crippen molar-refractivity contribution < 1.29 is 14.0 Å². The lowest BCUT2D eigenvalue weighted by molar-refractivity contribution is -0.123. The van der Waals surface area contributed by atoms with Gasteiger partial charge in [0, 0.05) is 24.4 Å². The molecule has 0 aliphatic rings. The van der Waals surface area contributed by atoms with Crippen molar-refractivity contribution in [3.05, 3.63) is 34.5 Å². The summed E-state index contributed by atoms with van der Waals surface area (Å²) in [7, 11) is 0. The van der Waals surface area contributed by atoms with Crippen LogP contribution in [-0.4, -0.2) is 24.9 Å². The lowest BCUT2D eigenvalue weighted by Crippen LogP contribution is -2.36. The number of amides is 2. The van der Waals surface area contributed by atoms with E-state index in [0.717, 1.165) is 9.86 Å². The van der Waals surface area contributed by atoms with Crippen molar-refractivity contribution in [2.24, 2.45) is 5.92 Å². The van der Waals surface area contributed by atoms with Crippen LogP contribution in [0.15, 0.2) is 33.2 Å². The molecule has 2 rings (SSSR count). The van der Waals surface area contributed by atoms with Gasteiger partial charge in [-0.25, -0.2) is 0 Å². The van der Waals surface area contributed by atoms with Gasteiger partial charge in [0.2, 0.25) is 5.91 Å². The molecule has 1 aromatic heterocycles. The zero-order chi connectivity index (χ0) is 15.4. The highest BCUT2D eigenvalue weighted by Crippen LogP contribution is 2.26. The van der Waals surface area contributed by atoms with E-state index in [1.54, 1.807) is 6.07 Å². The summed E-state index contributed by atoms with van der Waals surface area (Å²) in [6.45, 7) is 4.39. The number of furan rings is 1. The van der Waals surface area contributed by atoms with Crippen LogP contribution < -0.4 is 10.6 Å². The molecule has 5 nitrogen and oxygen atoms in total. The quantitative estimate of drug-likeness (QED) is 0.812. The first-order valence-electron chi connectivity index (χ1n) is 6.73. The fourth-order valence-corrected chi connectivity index (χ4v) is 2.25. The zero-order valence-electron chi connectivity index (χ0n) is 11.9. The van der Waals surface area contributed by atoms with Gasteiger partial charge in [-0.2, -0.15) is 0 Å². The Morgan fingerprint density at radius 3 is 2.62 bits per heavy atom. The summed E-state index contributed by atoms with van der Waals surface area (Å²) in [6, 6.07) is 7.31. The molecule has 0 saturated carbocycles. The van der Waals surface area contributed by atoms with E-state index in [0.29, 0.717) is 18.7 Å². The molecular formula is C15H17BrN2O3. The molecule has 2 amide bonds. The number of carbonyl (C=O) groups excluding carboxylic acids is 2. The van der Waals surface area contributed by atoms with Crippen LogP contribution in [-0.2, 0) is 4.79 Å². The standard InChI is InChI=1S/C15H17BrN2O3/c1-9(2)14(19)17-6-7-18-15(20)12-8-10-4-3-5-11(16)13(10)21-12/h3-5,8-9H,6-7H2,1-2H3,(H,17,19)(H,18,20). The maximum absolute atomic E-state index is 12.0. The first-order chi connectivity index (χ1) is 9.99. The molecule has 21 heavy (non-hydrogen) atoms. The predicted octanol–water partition coefficient (Wildman–Crippen LogP) is 2.70. The number of hydrogen-bond donors (Lipinski definition) is 2. The Hall–Kier alpha value is -1.82. The number of hydrogen-bond acceptors (Lipinski definition) is 3. The SMILES string of the molecule is CC(C)C(=O)NCCNC(=O)c1cc2cccc(Br)c2o1. The van der Waals surface area contributed by atoms with E-state index in [4.69, 9.17) is 4.42 Å². The van der Waals surface area contributed by atoms with Crippen LogP contribution in [0.4, 0.5) is 0 Å². The normalized spacial score (nSPS) is 10.9. The fourth-order valence-electron chi connectivity index (χ4n) is 1.79. The summed E-state index contributed by atoms with van der Waals surface area (Å²) in [5.74, 6) is -0.130. The molecule has 2 N–H and O–H groups in total. The monoisotopic (exact) mass is 352 g/mol. The Kier molecular flexibility index (Phi) is 5.01. The van der Waals surface area contributed by atoms with Gasteiger partial charge in [-0.05, 0) is 28.1 Å². The number of halogens is 1. The van der Waals surface area contributed by atoms with Crippen molar-refractivity contribution in [3.63, 3.8) is 0 Å². The molecule has 0 atom stereocenters. The molecule has 0 aliphatic carbocycles. The minimum atomic E-state index is -0.295. The van der Waals surface area contributed by atoms with Gasteiger partial charge in [0.25, 0.3) is 5.91 Å². The van der Waals surface area contributed by atoms with Crippen LogP contribution in [0.25, 0.3) is 11.0 Å². The van der Waals surface area contributed by atoms with E-state index in [9.17, 15) is 9.59 Å². The second kappa shape index (κ2) is 6.76. The minimum Gasteiger partial charge on any atom is -0.450 e. The summed E-state index contributed by atoms with van der Waals surface area (Å²) in [6.07, 6.45) is 0. The molecule has 0 fully saturated rings. The third-order valence-electron chi connectivity index (χ3n) is 2.95. The average molecular weight is 353 g/mol. The Morgan fingerprint density at radius 1 is 1.24 bits per heavy atom. The van der Waals surface area contributed by atoms with Crippen LogP contribution in [0, 0.1) is 5.92 Å². The van der Waals surface area contributed by atoms with Crippen molar-refractivity contribution in [1.29, 1.82) is 0 Å². The van der Waals surface area contributed by atoms with Crippen molar-refractivity contribution in [2.75, 3.05) is 13.1 Å². The van der Waals surface area contributed by atoms with Gasteiger partial charge >= 0.3 is 0 Å². The Morgan fingerprint density at radius 2 is 1.95 bits per heavy atom. The maximum atomic E-state index is 12.0. The van der Waals surface area contributed by atoms with Crippen LogP contribution in [0.2, 0.25) is 0 Å². The molecule has 1 heterocycles. The highest BCUT2D eigenvalue weighted by atomic mass is 79.9. The zero-order valence-corrected chi connectivity index (χ0v) is 13.5. The molecule has 0 bridgehead atoms. The Balaban J connectivity index is 1.91. The average Bonchev–Trinajstić information content (AvgIpc) is 2.88. The van der Waals surface area contributed by atoms with Crippen LogP contribution in [0.1, 0.15) is 24.4 Å². The first kappa shape index (κ1) is 15.6. The summed E-state index contributed by atoms with van der Waals surface area (Å²) < 4.78 is 6.34. The molecule has 0 unspecified atom stereocenters. The van der Waals surface area contributed by atoms with E-state index in [-0.39, 0.29) is 23.5 Å². The Labute approximate surface area is 131 Å². The second-order valence-corrected chi connectivity index (χ2v) is 5.82. The Bertz CT molecular complexity index is 664. The topological polar surface area (TPSA) is 71.3 Å². The maximum Gasteiger partial charge on any atom is 0.287 e. The molecule has 2 aromatic rings. The summed E-state index contributed by atoms with van der Waals surface area (Å²) in [5.41, 5.74) is 0.649. The number of nitrogens with one attached hydrogen (secondary N) is 2. The van der Waals surface area contributed by atoms with E-state index in [1.807, 2.05) is 32.0 Å². The highest BCUT2D eigenvalue weighted by Gasteiger charge is 2.13. The van der Waals surface area contributed by atoms with Crippen LogP contribution >= 0.6 is 15.9 Å². The van der Waals surface area contributed by atoms with Gasteiger partial charge < -0.3 is 15.1 Å². The predicted molar refractivity (Wildman–Crippen MR) is 84.1 cm³/mol. The smallest absolute Gasteiger partial charge is 0.287 e. The number of fused-ring (bicyclic) bond motifs is 1. The number of benzene rings is 1. The van der Waals surface area contributed by atoms with Crippen molar-refractivity contribution in [1.82, 2.24) is 10.6 Å². The van der Waals surface area contributed by atoms with Crippen LogP contribution in [0.5, 0.6) is 0 Å². The largest absolute Gasteiger partial charge is 0.450 e. The molecule has 6 heteroatoms. The van der Waals surface area contributed by atoms with Crippen molar-refractivity contribution >= 4 is 38.7 Å². The molecular weight excluding hydrogens is 336 g/mol. The third kappa shape index (κ3) is 3.85.